The first-order valence-electron chi connectivity index (χ1n) is 9.36. The lowest BCUT2D eigenvalue weighted by Gasteiger charge is -2.37. The fourth-order valence-corrected chi connectivity index (χ4v) is 4.71. The second-order valence-corrected chi connectivity index (χ2v) is 7.49. The number of halogens is 1. The number of nitrogens with one attached hydrogen (secondary N) is 1. The SMILES string of the molecule is O=C(Cc1c[nH]c2cc(F)ccc12)N1CCC[C@@H]1[C@@H]1CCCC[C@H]1O. The lowest BCUT2D eigenvalue weighted by atomic mass is 9.80. The van der Waals surface area contributed by atoms with Gasteiger partial charge in [0.25, 0.3) is 0 Å². The molecule has 0 bridgehead atoms. The molecule has 2 aliphatic rings. The zero-order chi connectivity index (χ0) is 17.4. The number of hydrogen-bond acceptors (Lipinski definition) is 2. The Balaban J connectivity index is 1.51. The van der Waals surface area contributed by atoms with E-state index in [-0.39, 0.29) is 29.8 Å². The third-order valence-corrected chi connectivity index (χ3v) is 5.97. The van der Waals surface area contributed by atoms with Crippen molar-refractivity contribution in [1.82, 2.24) is 9.88 Å². The van der Waals surface area contributed by atoms with Gasteiger partial charge in [0.1, 0.15) is 5.82 Å². The molecule has 0 radical (unpaired) electrons. The van der Waals surface area contributed by atoms with Crippen molar-refractivity contribution in [3.8, 4) is 0 Å². The average molecular weight is 344 g/mol. The fraction of sp³-hybridized carbons (Fsp3) is 0.550. The normalized spacial score (nSPS) is 27.1. The van der Waals surface area contributed by atoms with E-state index in [1.165, 1.54) is 12.1 Å². The van der Waals surface area contributed by atoms with Gasteiger partial charge in [-0.3, -0.25) is 4.79 Å². The summed E-state index contributed by atoms with van der Waals surface area (Å²) in [6.45, 7) is 0.781. The van der Waals surface area contributed by atoms with E-state index < -0.39 is 0 Å². The predicted molar refractivity (Wildman–Crippen MR) is 94.7 cm³/mol. The van der Waals surface area contributed by atoms with Gasteiger partial charge in [-0.2, -0.15) is 0 Å². The molecule has 3 atom stereocenters. The Kier molecular flexibility index (Phi) is 4.50. The molecule has 2 N–H and O–H groups in total. The minimum atomic E-state index is -0.280. The average Bonchev–Trinajstić information content (AvgIpc) is 3.22. The first-order valence-corrected chi connectivity index (χ1v) is 9.36. The van der Waals surface area contributed by atoms with E-state index in [0.29, 0.717) is 6.42 Å². The number of likely N-dealkylation sites (tertiary alicyclic amines) is 1. The number of fused-ring (bicyclic) bond motifs is 1. The van der Waals surface area contributed by atoms with Gasteiger partial charge in [0.15, 0.2) is 0 Å². The van der Waals surface area contributed by atoms with Gasteiger partial charge in [-0.25, -0.2) is 4.39 Å². The maximum atomic E-state index is 13.3. The second-order valence-electron chi connectivity index (χ2n) is 7.49. The summed E-state index contributed by atoms with van der Waals surface area (Å²) >= 11 is 0. The van der Waals surface area contributed by atoms with Gasteiger partial charge in [-0.05, 0) is 49.4 Å². The van der Waals surface area contributed by atoms with Crippen LogP contribution in [0.15, 0.2) is 24.4 Å². The molecule has 1 aromatic carbocycles. The standard InChI is InChI=1S/C20H25FN2O2/c21-14-7-8-15-13(12-22-17(15)11-14)10-20(25)23-9-3-5-18(23)16-4-1-2-6-19(16)24/h7-8,11-12,16,18-19,22,24H,1-6,9-10H2/t16-,18+,19+/m0/s1. The van der Waals surface area contributed by atoms with Gasteiger partial charge in [0, 0.05) is 35.6 Å². The van der Waals surface area contributed by atoms with Crippen LogP contribution in [0.2, 0.25) is 0 Å². The maximum Gasteiger partial charge on any atom is 0.227 e. The van der Waals surface area contributed by atoms with Crippen LogP contribution in [-0.4, -0.2) is 39.6 Å². The minimum absolute atomic E-state index is 0.116. The number of aliphatic hydroxyl groups is 1. The van der Waals surface area contributed by atoms with E-state index in [1.54, 1.807) is 6.07 Å². The van der Waals surface area contributed by atoms with Gasteiger partial charge >= 0.3 is 0 Å². The monoisotopic (exact) mass is 344 g/mol. The molecule has 4 nitrogen and oxygen atoms in total. The number of aromatic amines is 1. The first kappa shape index (κ1) is 16.6. The van der Waals surface area contributed by atoms with Crippen LogP contribution in [0, 0.1) is 11.7 Å². The highest BCUT2D eigenvalue weighted by atomic mass is 19.1. The summed E-state index contributed by atoms with van der Waals surface area (Å²) in [6, 6.07) is 4.79. The molecular weight excluding hydrogens is 319 g/mol. The highest BCUT2D eigenvalue weighted by Crippen LogP contribution is 2.35. The molecular formula is C20H25FN2O2. The lowest BCUT2D eigenvalue weighted by molar-refractivity contribution is -0.133. The van der Waals surface area contributed by atoms with Crippen molar-refractivity contribution in [1.29, 1.82) is 0 Å². The van der Waals surface area contributed by atoms with Crippen LogP contribution in [0.3, 0.4) is 0 Å². The molecule has 1 amide bonds. The lowest BCUT2D eigenvalue weighted by Crippen LogP contribution is -2.45. The van der Waals surface area contributed by atoms with Crippen LogP contribution >= 0.6 is 0 Å². The van der Waals surface area contributed by atoms with Crippen molar-refractivity contribution in [3.63, 3.8) is 0 Å². The molecule has 4 rings (SSSR count). The molecule has 0 spiro atoms. The number of aromatic nitrogens is 1. The van der Waals surface area contributed by atoms with E-state index in [1.807, 2.05) is 11.1 Å². The van der Waals surface area contributed by atoms with Gasteiger partial charge in [-0.1, -0.05) is 12.8 Å². The Morgan fingerprint density at radius 3 is 2.92 bits per heavy atom. The van der Waals surface area contributed by atoms with E-state index in [2.05, 4.69) is 4.98 Å². The molecule has 25 heavy (non-hydrogen) atoms. The van der Waals surface area contributed by atoms with Gasteiger partial charge in [0.05, 0.1) is 12.5 Å². The molecule has 1 saturated carbocycles. The van der Waals surface area contributed by atoms with E-state index in [9.17, 15) is 14.3 Å². The van der Waals surface area contributed by atoms with Gasteiger partial charge < -0.3 is 15.0 Å². The Bertz CT molecular complexity index is 772. The quantitative estimate of drug-likeness (QED) is 0.897. The molecule has 134 valence electrons. The van der Waals surface area contributed by atoms with E-state index in [4.69, 9.17) is 0 Å². The van der Waals surface area contributed by atoms with Gasteiger partial charge in [-0.15, -0.1) is 0 Å². The summed E-state index contributed by atoms with van der Waals surface area (Å²) in [5.41, 5.74) is 1.64. The highest BCUT2D eigenvalue weighted by molar-refractivity contribution is 5.89. The molecule has 1 aliphatic carbocycles. The van der Waals surface area contributed by atoms with Crippen molar-refractivity contribution >= 4 is 16.8 Å². The highest BCUT2D eigenvalue weighted by Gasteiger charge is 2.38. The second kappa shape index (κ2) is 6.79. The fourth-order valence-electron chi connectivity index (χ4n) is 4.71. The summed E-state index contributed by atoms with van der Waals surface area (Å²) in [5, 5.41) is 11.3. The molecule has 0 unspecified atom stereocenters. The van der Waals surface area contributed by atoms with Crippen LogP contribution < -0.4 is 0 Å². The van der Waals surface area contributed by atoms with Crippen molar-refractivity contribution in [3.05, 3.63) is 35.8 Å². The number of amides is 1. The number of H-pyrrole nitrogens is 1. The summed E-state index contributed by atoms with van der Waals surface area (Å²) in [6.07, 6.45) is 7.97. The molecule has 1 aromatic heterocycles. The number of carbonyl (C=O) groups is 1. The smallest absolute Gasteiger partial charge is 0.227 e. The number of nitrogens with zero attached hydrogens (tertiary/aromatic N) is 1. The molecule has 1 aliphatic heterocycles. The maximum absolute atomic E-state index is 13.3. The zero-order valence-corrected chi connectivity index (χ0v) is 14.4. The molecule has 1 saturated heterocycles. The Labute approximate surface area is 147 Å². The molecule has 2 heterocycles. The number of aliphatic hydroxyl groups excluding tert-OH is 1. The molecule has 2 aromatic rings. The Morgan fingerprint density at radius 1 is 1.24 bits per heavy atom. The van der Waals surface area contributed by atoms with E-state index in [0.717, 1.165) is 61.5 Å². The Hall–Kier alpha value is -1.88. The third kappa shape index (κ3) is 3.17. The summed E-state index contributed by atoms with van der Waals surface area (Å²) in [4.78, 5) is 18.0. The van der Waals surface area contributed by atoms with Crippen LogP contribution in [0.1, 0.15) is 44.1 Å². The molecule has 2 fully saturated rings. The Morgan fingerprint density at radius 2 is 2.08 bits per heavy atom. The summed E-state index contributed by atoms with van der Waals surface area (Å²) in [7, 11) is 0. The van der Waals surface area contributed by atoms with Crippen molar-refractivity contribution in [2.75, 3.05) is 6.54 Å². The van der Waals surface area contributed by atoms with Crippen LogP contribution in [0.4, 0.5) is 4.39 Å². The molecule has 5 heteroatoms. The van der Waals surface area contributed by atoms with Gasteiger partial charge in [0.2, 0.25) is 5.91 Å². The first-order chi connectivity index (χ1) is 12.1. The predicted octanol–water partition coefficient (Wildman–Crippen LogP) is 3.39. The number of rotatable bonds is 3. The van der Waals surface area contributed by atoms with Crippen LogP contribution in [0.5, 0.6) is 0 Å². The number of benzene rings is 1. The van der Waals surface area contributed by atoms with Crippen molar-refractivity contribution in [2.24, 2.45) is 5.92 Å². The largest absolute Gasteiger partial charge is 0.393 e. The number of hydrogen-bond donors (Lipinski definition) is 2. The van der Waals surface area contributed by atoms with Crippen LogP contribution in [0.25, 0.3) is 10.9 Å². The zero-order valence-electron chi connectivity index (χ0n) is 14.4. The topological polar surface area (TPSA) is 56.3 Å². The summed E-state index contributed by atoms with van der Waals surface area (Å²) in [5.74, 6) is 0.0564. The van der Waals surface area contributed by atoms with Crippen molar-refractivity contribution < 1.29 is 14.3 Å². The minimum Gasteiger partial charge on any atom is -0.393 e. The van der Waals surface area contributed by atoms with E-state index >= 15 is 0 Å². The third-order valence-electron chi connectivity index (χ3n) is 5.97. The number of carbonyl (C=O) groups excluding carboxylic acids is 1. The van der Waals surface area contributed by atoms with Crippen LogP contribution in [-0.2, 0) is 11.2 Å². The summed E-state index contributed by atoms with van der Waals surface area (Å²) < 4.78 is 13.3. The van der Waals surface area contributed by atoms with Crippen molar-refractivity contribution in [2.45, 2.75) is 57.1 Å².